The van der Waals surface area contributed by atoms with Gasteiger partial charge in [-0.05, 0) is 13.0 Å². The first-order valence-electron chi connectivity index (χ1n) is 6.43. The lowest BCUT2D eigenvalue weighted by Crippen LogP contribution is -2.09. The van der Waals surface area contributed by atoms with E-state index in [0.717, 1.165) is 17.0 Å². The lowest BCUT2D eigenvalue weighted by molar-refractivity contribution is -0.129. The van der Waals surface area contributed by atoms with Crippen molar-refractivity contribution in [1.29, 1.82) is 0 Å². The highest BCUT2D eigenvalue weighted by atomic mass is 16.5. The van der Waals surface area contributed by atoms with Gasteiger partial charge in [0.15, 0.2) is 11.6 Å². The van der Waals surface area contributed by atoms with Crippen LogP contribution in [0, 0.1) is 6.92 Å². The Hall–Kier alpha value is -2.89. The molecule has 6 heteroatoms. The van der Waals surface area contributed by atoms with E-state index in [1.807, 2.05) is 30.5 Å². The van der Waals surface area contributed by atoms with Crippen molar-refractivity contribution in [3.8, 4) is 11.6 Å². The van der Waals surface area contributed by atoms with Crippen molar-refractivity contribution >= 4 is 16.9 Å². The number of aryl methyl sites for hydroxylation is 2. The topological polar surface area (TPSA) is 61.9 Å². The van der Waals surface area contributed by atoms with Gasteiger partial charge >= 0.3 is 5.97 Å². The van der Waals surface area contributed by atoms with Gasteiger partial charge in [0, 0.05) is 24.7 Å². The summed E-state index contributed by atoms with van der Waals surface area (Å²) in [4.78, 5) is 11.5. The van der Waals surface area contributed by atoms with Crippen LogP contribution in [0.5, 0.6) is 5.75 Å². The van der Waals surface area contributed by atoms with E-state index in [1.54, 1.807) is 23.3 Å². The summed E-state index contributed by atoms with van der Waals surface area (Å²) in [5.41, 5.74) is 1.47. The summed E-state index contributed by atoms with van der Waals surface area (Å²) in [7, 11) is 1.78. The fourth-order valence-electron chi connectivity index (χ4n) is 2.21. The van der Waals surface area contributed by atoms with Gasteiger partial charge < -0.3 is 4.74 Å². The number of fused-ring (bicyclic) bond motifs is 1. The standard InChI is InChI=1S/C15H14N4O2/c1-4-13(20)21-14-10(2)16-18(3)15(14)19-9-11-7-5-6-8-12(11)17-19/h4-9H,1H2,2-3H3. The third kappa shape index (κ3) is 2.20. The molecule has 0 aliphatic carbocycles. The van der Waals surface area contributed by atoms with Gasteiger partial charge in [0.25, 0.3) is 0 Å². The molecule has 0 saturated heterocycles. The first kappa shape index (κ1) is 13.1. The maximum atomic E-state index is 11.5. The molecule has 0 radical (unpaired) electrons. The van der Waals surface area contributed by atoms with Gasteiger partial charge in [-0.3, -0.25) is 0 Å². The van der Waals surface area contributed by atoms with Crippen molar-refractivity contribution in [3.63, 3.8) is 0 Å². The molecule has 0 atom stereocenters. The highest BCUT2D eigenvalue weighted by Crippen LogP contribution is 2.27. The van der Waals surface area contributed by atoms with Crippen LogP contribution >= 0.6 is 0 Å². The third-order valence-electron chi connectivity index (χ3n) is 3.14. The van der Waals surface area contributed by atoms with Gasteiger partial charge in [0.2, 0.25) is 0 Å². The summed E-state index contributed by atoms with van der Waals surface area (Å²) in [5.74, 6) is 0.457. The van der Waals surface area contributed by atoms with E-state index in [9.17, 15) is 4.79 Å². The number of esters is 1. The van der Waals surface area contributed by atoms with Gasteiger partial charge in [-0.25, -0.2) is 14.2 Å². The number of carbonyl (C=O) groups is 1. The zero-order chi connectivity index (χ0) is 15.0. The van der Waals surface area contributed by atoms with E-state index < -0.39 is 5.97 Å². The van der Waals surface area contributed by atoms with E-state index in [2.05, 4.69) is 16.8 Å². The van der Waals surface area contributed by atoms with Crippen molar-refractivity contribution < 1.29 is 9.53 Å². The van der Waals surface area contributed by atoms with Gasteiger partial charge in [-0.2, -0.15) is 10.2 Å². The van der Waals surface area contributed by atoms with E-state index >= 15 is 0 Å². The summed E-state index contributed by atoms with van der Waals surface area (Å²) < 4.78 is 8.59. The predicted molar refractivity (Wildman–Crippen MR) is 78.4 cm³/mol. The molecule has 0 amide bonds. The normalized spacial score (nSPS) is 10.8. The van der Waals surface area contributed by atoms with Gasteiger partial charge in [-0.1, -0.05) is 24.8 Å². The minimum absolute atomic E-state index is 0.384. The quantitative estimate of drug-likeness (QED) is 0.545. The molecule has 3 aromatic rings. The predicted octanol–water partition coefficient (Wildman–Crippen LogP) is 2.16. The van der Waals surface area contributed by atoms with Crippen LogP contribution < -0.4 is 4.74 Å². The first-order valence-corrected chi connectivity index (χ1v) is 6.43. The van der Waals surface area contributed by atoms with Crippen molar-refractivity contribution in [2.75, 3.05) is 0 Å². The monoisotopic (exact) mass is 282 g/mol. The summed E-state index contributed by atoms with van der Waals surface area (Å²) in [6, 6.07) is 7.76. The molecule has 0 fully saturated rings. The Bertz CT molecular complexity index is 812. The smallest absolute Gasteiger partial charge is 0.335 e. The zero-order valence-electron chi connectivity index (χ0n) is 11.8. The molecule has 3 rings (SSSR count). The van der Waals surface area contributed by atoms with Gasteiger partial charge in [-0.15, -0.1) is 0 Å². The Labute approximate surface area is 121 Å². The van der Waals surface area contributed by atoms with E-state index in [-0.39, 0.29) is 0 Å². The molecule has 1 aromatic carbocycles. The van der Waals surface area contributed by atoms with E-state index in [4.69, 9.17) is 4.74 Å². The Morgan fingerprint density at radius 1 is 1.33 bits per heavy atom. The van der Waals surface area contributed by atoms with Gasteiger partial charge in [0.05, 0.1) is 5.52 Å². The maximum absolute atomic E-state index is 11.5. The van der Waals surface area contributed by atoms with E-state index in [0.29, 0.717) is 17.3 Å². The minimum Gasteiger partial charge on any atom is -0.417 e. The number of nitrogens with zero attached hydrogens (tertiary/aromatic N) is 4. The number of hydrogen-bond donors (Lipinski definition) is 0. The second-order valence-electron chi connectivity index (χ2n) is 4.62. The third-order valence-corrected chi connectivity index (χ3v) is 3.14. The molecule has 6 nitrogen and oxygen atoms in total. The lowest BCUT2D eigenvalue weighted by Gasteiger charge is -2.05. The van der Waals surface area contributed by atoms with Crippen LogP contribution in [0.3, 0.4) is 0 Å². The minimum atomic E-state index is -0.524. The first-order chi connectivity index (χ1) is 10.1. The molecule has 21 heavy (non-hydrogen) atoms. The summed E-state index contributed by atoms with van der Waals surface area (Å²) >= 11 is 0. The van der Waals surface area contributed by atoms with Crippen molar-refractivity contribution in [2.45, 2.75) is 6.92 Å². The van der Waals surface area contributed by atoms with E-state index in [1.165, 1.54) is 0 Å². The summed E-state index contributed by atoms with van der Waals surface area (Å²) in [6.07, 6.45) is 2.99. The average molecular weight is 282 g/mol. The Kier molecular flexibility index (Phi) is 3.06. The zero-order valence-corrected chi connectivity index (χ0v) is 11.8. The average Bonchev–Trinajstić information content (AvgIpc) is 2.99. The molecule has 2 aromatic heterocycles. The Morgan fingerprint density at radius 3 is 2.81 bits per heavy atom. The molecular weight excluding hydrogens is 268 g/mol. The van der Waals surface area contributed by atoms with Crippen LogP contribution in [0.15, 0.2) is 43.1 Å². The summed E-state index contributed by atoms with van der Waals surface area (Å²) in [5, 5.41) is 9.78. The molecule has 0 saturated carbocycles. The molecule has 0 aliphatic heterocycles. The molecular formula is C15H14N4O2. The SMILES string of the molecule is C=CC(=O)Oc1c(C)nn(C)c1-n1cc2ccccc2n1. The largest absolute Gasteiger partial charge is 0.417 e. The maximum Gasteiger partial charge on any atom is 0.335 e. The fraction of sp³-hybridized carbons (Fsp3) is 0.133. The Balaban J connectivity index is 2.16. The van der Waals surface area contributed by atoms with Crippen molar-refractivity contribution in [1.82, 2.24) is 19.6 Å². The molecule has 0 aliphatic rings. The molecule has 2 heterocycles. The van der Waals surface area contributed by atoms with Crippen LogP contribution in [-0.2, 0) is 11.8 Å². The number of rotatable bonds is 3. The molecule has 106 valence electrons. The Morgan fingerprint density at radius 2 is 2.10 bits per heavy atom. The summed E-state index contributed by atoms with van der Waals surface area (Å²) in [6.45, 7) is 5.18. The van der Waals surface area contributed by atoms with Crippen LogP contribution in [0.1, 0.15) is 5.69 Å². The second kappa shape index (κ2) is 4.90. The fourth-order valence-corrected chi connectivity index (χ4v) is 2.21. The number of aromatic nitrogens is 4. The molecule has 0 N–H and O–H groups in total. The lowest BCUT2D eigenvalue weighted by atomic mass is 10.3. The van der Waals surface area contributed by atoms with Crippen LogP contribution in [0.4, 0.5) is 0 Å². The number of benzene rings is 1. The second-order valence-corrected chi connectivity index (χ2v) is 4.62. The van der Waals surface area contributed by atoms with Crippen LogP contribution in [0.2, 0.25) is 0 Å². The highest BCUT2D eigenvalue weighted by Gasteiger charge is 2.19. The van der Waals surface area contributed by atoms with Crippen molar-refractivity contribution in [2.24, 2.45) is 7.05 Å². The highest BCUT2D eigenvalue weighted by molar-refractivity contribution is 5.84. The molecule has 0 spiro atoms. The number of hydrogen-bond acceptors (Lipinski definition) is 4. The number of carbonyl (C=O) groups excluding carboxylic acids is 1. The van der Waals surface area contributed by atoms with Gasteiger partial charge in [0.1, 0.15) is 5.69 Å². The number of ether oxygens (including phenoxy) is 1. The van der Waals surface area contributed by atoms with Crippen LogP contribution in [0.25, 0.3) is 16.7 Å². The van der Waals surface area contributed by atoms with Crippen molar-refractivity contribution in [3.05, 3.63) is 48.8 Å². The molecule has 0 unspecified atom stereocenters. The molecule has 0 bridgehead atoms. The van der Waals surface area contributed by atoms with Crippen LogP contribution in [-0.4, -0.2) is 25.5 Å².